The van der Waals surface area contributed by atoms with Crippen LogP contribution < -0.4 is 5.32 Å². The van der Waals surface area contributed by atoms with Gasteiger partial charge in [-0.05, 0) is 37.1 Å². The molecule has 1 aliphatic rings. The summed E-state index contributed by atoms with van der Waals surface area (Å²) >= 11 is 0. The molecule has 1 aromatic heterocycles. The molecule has 1 fully saturated rings. The van der Waals surface area contributed by atoms with Crippen molar-refractivity contribution < 1.29 is 4.42 Å². The Bertz CT molecular complexity index is 549. The van der Waals surface area contributed by atoms with Crippen molar-refractivity contribution in [2.24, 2.45) is 0 Å². The van der Waals surface area contributed by atoms with E-state index in [0.717, 1.165) is 38.5 Å². The quantitative estimate of drug-likeness (QED) is 0.881. The Kier molecular flexibility index (Phi) is 4.73. The minimum atomic E-state index is 0.669. The fourth-order valence-electron chi connectivity index (χ4n) is 3.07. The van der Waals surface area contributed by atoms with Crippen LogP contribution in [0.2, 0.25) is 0 Å². The van der Waals surface area contributed by atoms with Crippen LogP contribution in [0.4, 0.5) is 0 Å². The maximum absolute atomic E-state index is 5.68. The van der Waals surface area contributed by atoms with Gasteiger partial charge in [0.15, 0.2) is 0 Å². The molecule has 0 spiro atoms. The molecule has 0 bridgehead atoms. The Hall–Kier alpha value is -1.58. The van der Waals surface area contributed by atoms with Crippen molar-refractivity contribution >= 4 is 0 Å². The molecule has 1 aromatic carbocycles. The molecule has 0 amide bonds. The van der Waals surface area contributed by atoms with Gasteiger partial charge in [0, 0.05) is 18.7 Å². The predicted molar refractivity (Wildman–Crippen MR) is 85.2 cm³/mol. The molecular weight excluding hydrogens is 260 g/mol. The lowest BCUT2D eigenvalue weighted by Gasteiger charge is -2.14. The van der Waals surface area contributed by atoms with Gasteiger partial charge in [0.2, 0.25) is 0 Å². The van der Waals surface area contributed by atoms with E-state index < -0.39 is 0 Å². The first-order chi connectivity index (χ1) is 10.3. The molecule has 21 heavy (non-hydrogen) atoms. The largest absolute Gasteiger partial charge is 0.468 e. The molecule has 1 aliphatic heterocycles. The van der Waals surface area contributed by atoms with Crippen molar-refractivity contribution in [3.63, 3.8) is 0 Å². The van der Waals surface area contributed by atoms with Crippen LogP contribution in [0.1, 0.15) is 36.1 Å². The van der Waals surface area contributed by atoms with Crippen LogP contribution >= 0.6 is 0 Å². The first kappa shape index (κ1) is 14.4. The first-order valence-corrected chi connectivity index (χ1v) is 7.89. The van der Waals surface area contributed by atoms with Gasteiger partial charge in [-0.2, -0.15) is 0 Å². The minimum absolute atomic E-state index is 0.669. The normalized spacial score (nSPS) is 19.2. The summed E-state index contributed by atoms with van der Waals surface area (Å²) in [4.78, 5) is 2.49. The number of hydrogen-bond acceptors (Lipinski definition) is 3. The molecule has 3 heteroatoms. The summed E-state index contributed by atoms with van der Waals surface area (Å²) in [5.74, 6) is 1.75. The van der Waals surface area contributed by atoms with E-state index in [9.17, 15) is 0 Å². The van der Waals surface area contributed by atoms with Crippen LogP contribution in [0.5, 0.6) is 0 Å². The number of furan rings is 1. The Labute approximate surface area is 127 Å². The van der Waals surface area contributed by atoms with E-state index in [2.05, 4.69) is 53.5 Å². The van der Waals surface area contributed by atoms with Crippen LogP contribution in [0.15, 0.2) is 47.1 Å². The van der Waals surface area contributed by atoms with Gasteiger partial charge < -0.3 is 9.73 Å². The van der Waals surface area contributed by atoms with Crippen molar-refractivity contribution in [2.45, 2.75) is 32.4 Å². The van der Waals surface area contributed by atoms with Crippen LogP contribution in [0.3, 0.4) is 0 Å². The number of rotatable bonds is 6. The maximum Gasteiger partial charge on any atom is 0.118 e. The molecule has 1 saturated heterocycles. The van der Waals surface area contributed by atoms with Crippen molar-refractivity contribution in [3.8, 4) is 0 Å². The number of nitrogens with one attached hydrogen (secondary N) is 1. The average molecular weight is 284 g/mol. The van der Waals surface area contributed by atoms with Gasteiger partial charge >= 0.3 is 0 Å². The third-order valence-corrected chi connectivity index (χ3v) is 4.21. The molecular formula is C18H24N2O. The van der Waals surface area contributed by atoms with Gasteiger partial charge in [-0.25, -0.2) is 0 Å². The van der Waals surface area contributed by atoms with Gasteiger partial charge in [0.25, 0.3) is 0 Å². The van der Waals surface area contributed by atoms with E-state index in [1.54, 1.807) is 0 Å². The summed E-state index contributed by atoms with van der Waals surface area (Å²) in [5, 5.41) is 3.33. The predicted octanol–water partition coefficient (Wildman–Crippen LogP) is 3.38. The van der Waals surface area contributed by atoms with Crippen LogP contribution in [-0.4, -0.2) is 24.5 Å². The van der Waals surface area contributed by atoms with Gasteiger partial charge in [-0.1, -0.05) is 37.3 Å². The molecule has 3 rings (SSSR count). The summed E-state index contributed by atoms with van der Waals surface area (Å²) in [5.41, 5.74) is 2.71. The summed E-state index contributed by atoms with van der Waals surface area (Å²) in [6, 6.07) is 13.0. The highest BCUT2D eigenvalue weighted by molar-refractivity contribution is 5.21. The Morgan fingerprint density at radius 1 is 1.29 bits per heavy atom. The molecule has 0 saturated carbocycles. The SMILES string of the molecule is CCNCc1coc(CN2CCC(c3ccccc3)C2)c1. The van der Waals surface area contributed by atoms with Crippen LogP contribution in [-0.2, 0) is 13.1 Å². The Balaban J connectivity index is 1.54. The fraction of sp³-hybridized carbons (Fsp3) is 0.444. The summed E-state index contributed by atoms with van der Waals surface area (Å²) in [7, 11) is 0. The average Bonchev–Trinajstić information content (AvgIpc) is 3.16. The Morgan fingerprint density at radius 3 is 2.95 bits per heavy atom. The number of likely N-dealkylation sites (tertiary alicyclic amines) is 1. The van der Waals surface area contributed by atoms with Crippen LogP contribution in [0.25, 0.3) is 0 Å². The van der Waals surface area contributed by atoms with Gasteiger partial charge in [-0.15, -0.1) is 0 Å². The zero-order valence-electron chi connectivity index (χ0n) is 12.7. The van der Waals surface area contributed by atoms with Crippen LogP contribution in [0, 0.1) is 0 Å². The summed E-state index contributed by atoms with van der Waals surface area (Å²) in [6.45, 7) is 7.22. The third kappa shape index (κ3) is 3.74. The van der Waals surface area contributed by atoms with E-state index in [1.807, 2.05) is 6.26 Å². The lowest BCUT2D eigenvalue weighted by molar-refractivity contribution is 0.294. The number of benzene rings is 1. The lowest BCUT2D eigenvalue weighted by Crippen LogP contribution is -2.19. The number of hydrogen-bond donors (Lipinski definition) is 1. The molecule has 2 aromatic rings. The second-order valence-electron chi connectivity index (χ2n) is 5.83. The van der Waals surface area contributed by atoms with E-state index in [1.165, 1.54) is 17.5 Å². The van der Waals surface area contributed by atoms with E-state index in [-0.39, 0.29) is 0 Å². The fourth-order valence-corrected chi connectivity index (χ4v) is 3.07. The monoisotopic (exact) mass is 284 g/mol. The lowest BCUT2D eigenvalue weighted by atomic mass is 9.99. The Morgan fingerprint density at radius 2 is 2.14 bits per heavy atom. The molecule has 2 heterocycles. The van der Waals surface area contributed by atoms with Gasteiger partial charge in [-0.3, -0.25) is 4.90 Å². The molecule has 1 atom stereocenters. The summed E-state index contributed by atoms with van der Waals surface area (Å²) in [6.07, 6.45) is 3.12. The standard InChI is InChI=1S/C18H24N2O/c1-2-19-11-15-10-18(21-14-15)13-20-9-8-17(12-20)16-6-4-3-5-7-16/h3-7,10,14,17,19H,2,8-9,11-13H2,1H3. The van der Waals surface area contributed by atoms with Crippen molar-refractivity contribution in [2.75, 3.05) is 19.6 Å². The highest BCUT2D eigenvalue weighted by Gasteiger charge is 2.24. The summed E-state index contributed by atoms with van der Waals surface area (Å²) < 4.78 is 5.68. The second-order valence-corrected chi connectivity index (χ2v) is 5.83. The van der Waals surface area contributed by atoms with Crippen molar-refractivity contribution in [3.05, 3.63) is 59.5 Å². The topological polar surface area (TPSA) is 28.4 Å². The van der Waals surface area contributed by atoms with Gasteiger partial charge in [0.1, 0.15) is 5.76 Å². The van der Waals surface area contributed by atoms with E-state index in [0.29, 0.717) is 5.92 Å². The highest BCUT2D eigenvalue weighted by atomic mass is 16.3. The van der Waals surface area contributed by atoms with E-state index in [4.69, 9.17) is 4.42 Å². The first-order valence-electron chi connectivity index (χ1n) is 7.89. The molecule has 3 nitrogen and oxygen atoms in total. The number of nitrogens with zero attached hydrogens (tertiary/aromatic N) is 1. The minimum Gasteiger partial charge on any atom is -0.468 e. The third-order valence-electron chi connectivity index (χ3n) is 4.21. The molecule has 112 valence electrons. The smallest absolute Gasteiger partial charge is 0.118 e. The molecule has 0 radical (unpaired) electrons. The second kappa shape index (κ2) is 6.92. The van der Waals surface area contributed by atoms with Crippen molar-refractivity contribution in [1.82, 2.24) is 10.2 Å². The van der Waals surface area contributed by atoms with Crippen molar-refractivity contribution in [1.29, 1.82) is 0 Å². The zero-order valence-corrected chi connectivity index (χ0v) is 12.7. The maximum atomic E-state index is 5.68. The van der Waals surface area contributed by atoms with Gasteiger partial charge in [0.05, 0.1) is 12.8 Å². The van der Waals surface area contributed by atoms with E-state index >= 15 is 0 Å². The molecule has 1 N–H and O–H groups in total. The molecule has 0 aliphatic carbocycles. The molecule has 1 unspecified atom stereocenters. The highest BCUT2D eigenvalue weighted by Crippen LogP contribution is 2.28. The zero-order chi connectivity index (χ0) is 14.5.